The third-order valence-electron chi connectivity index (χ3n) is 4.00. The van der Waals surface area contributed by atoms with Crippen LogP contribution in [-0.2, 0) is 10.9 Å². The van der Waals surface area contributed by atoms with Crippen LogP contribution in [-0.4, -0.2) is 6.61 Å². The molecule has 0 aromatic heterocycles. The van der Waals surface area contributed by atoms with Crippen molar-refractivity contribution in [2.24, 2.45) is 0 Å². The average Bonchev–Trinajstić information content (AvgIpc) is 2.65. The standard InChI is InChI=1S/C22H25OS/c1-2-3-18-23-19-14-16-22(17-15-19)24(20-10-6-4-7-11-20)21-12-8-5-9-13-21/h4,6-8,10-17H,2-3,5,9,18H2,1H3/q+1. The molecule has 2 aromatic carbocycles. The van der Waals surface area contributed by atoms with Crippen LogP contribution in [0.2, 0.25) is 0 Å². The van der Waals surface area contributed by atoms with Crippen LogP contribution in [0.15, 0.2) is 87.5 Å². The van der Waals surface area contributed by atoms with Crippen molar-refractivity contribution in [2.45, 2.75) is 42.4 Å². The molecule has 0 N–H and O–H groups in total. The molecule has 1 unspecified atom stereocenters. The zero-order valence-corrected chi connectivity index (χ0v) is 15.1. The first-order valence-corrected chi connectivity index (χ1v) is 10.00. The van der Waals surface area contributed by atoms with Crippen molar-refractivity contribution >= 4 is 10.9 Å². The Balaban J connectivity index is 1.86. The van der Waals surface area contributed by atoms with Crippen LogP contribution in [0.5, 0.6) is 5.75 Å². The Labute approximate surface area is 148 Å². The van der Waals surface area contributed by atoms with Gasteiger partial charge in [0, 0.05) is 0 Å². The van der Waals surface area contributed by atoms with E-state index in [4.69, 9.17) is 4.74 Å². The highest BCUT2D eigenvalue weighted by atomic mass is 32.2. The highest BCUT2D eigenvalue weighted by molar-refractivity contribution is 8.00. The minimum atomic E-state index is -0.0345. The second kappa shape index (κ2) is 8.79. The van der Waals surface area contributed by atoms with E-state index in [-0.39, 0.29) is 10.9 Å². The highest BCUT2D eigenvalue weighted by Gasteiger charge is 2.29. The van der Waals surface area contributed by atoms with Gasteiger partial charge in [0.1, 0.15) is 5.75 Å². The number of allylic oxidation sites excluding steroid dienone is 3. The summed E-state index contributed by atoms with van der Waals surface area (Å²) in [6.45, 7) is 2.98. The van der Waals surface area contributed by atoms with Crippen molar-refractivity contribution in [2.75, 3.05) is 6.61 Å². The third kappa shape index (κ3) is 4.33. The minimum absolute atomic E-state index is 0.0345. The van der Waals surface area contributed by atoms with E-state index >= 15 is 0 Å². The van der Waals surface area contributed by atoms with Gasteiger partial charge in [0.2, 0.25) is 0 Å². The number of rotatable bonds is 7. The Morgan fingerprint density at radius 1 is 0.917 bits per heavy atom. The van der Waals surface area contributed by atoms with E-state index in [0.29, 0.717) is 0 Å². The molecule has 0 amide bonds. The Morgan fingerprint density at radius 2 is 1.67 bits per heavy atom. The minimum Gasteiger partial charge on any atom is -0.494 e. The summed E-state index contributed by atoms with van der Waals surface area (Å²) in [5, 5.41) is 0. The first-order valence-electron chi connectivity index (χ1n) is 8.77. The molecular weight excluding hydrogens is 312 g/mol. The molecule has 1 aliphatic rings. The van der Waals surface area contributed by atoms with Gasteiger partial charge in [-0.3, -0.25) is 0 Å². The molecule has 2 heteroatoms. The van der Waals surface area contributed by atoms with Crippen molar-refractivity contribution in [3.05, 3.63) is 77.7 Å². The Kier molecular flexibility index (Phi) is 6.20. The molecule has 1 nitrogen and oxygen atoms in total. The number of hydrogen-bond donors (Lipinski definition) is 0. The molecule has 1 atom stereocenters. The van der Waals surface area contributed by atoms with Gasteiger partial charge < -0.3 is 4.74 Å². The van der Waals surface area contributed by atoms with Gasteiger partial charge in [-0.2, -0.15) is 0 Å². The van der Waals surface area contributed by atoms with Crippen molar-refractivity contribution in [3.63, 3.8) is 0 Å². The van der Waals surface area contributed by atoms with Crippen LogP contribution in [0.4, 0.5) is 0 Å². The monoisotopic (exact) mass is 337 g/mol. The summed E-state index contributed by atoms with van der Waals surface area (Å²) in [6, 6.07) is 19.5. The lowest BCUT2D eigenvalue weighted by atomic mass is 10.2. The van der Waals surface area contributed by atoms with Crippen LogP contribution in [0.1, 0.15) is 32.6 Å². The van der Waals surface area contributed by atoms with Crippen molar-refractivity contribution in [3.8, 4) is 5.75 Å². The van der Waals surface area contributed by atoms with Crippen LogP contribution in [0, 0.1) is 0 Å². The topological polar surface area (TPSA) is 9.23 Å². The smallest absolute Gasteiger partial charge is 0.166 e. The highest BCUT2D eigenvalue weighted by Crippen LogP contribution is 2.33. The van der Waals surface area contributed by atoms with Crippen LogP contribution in [0.3, 0.4) is 0 Å². The van der Waals surface area contributed by atoms with Gasteiger partial charge in [0.05, 0.1) is 17.5 Å². The van der Waals surface area contributed by atoms with Gasteiger partial charge in [0.25, 0.3) is 0 Å². The van der Waals surface area contributed by atoms with Crippen molar-refractivity contribution in [1.82, 2.24) is 0 Å². The van der Waals surface area contributed by atoms with E-state index < -0.39 is 0 Å². The van der Waals surface area contributed by atoms with Crippen molar-refractivity contribution < 1.29 is 4.74 Å². The third-order valence-corrected chi connectivity index (χ3v) is 6.26. The first kappa shape index (κ1) is 16.9. The van der Waals surface area contributed by atoms with E-state index in [2.05, 4.69) is 79.7 Å². The summed E-state index contributed by atoms with van der Waals surface area (Å²) in [5.41, 5.74) is 0. The summed E-state index contributed by atoms with van der Waals surface area (Å²) in [7, 11) is -0.0345. The molecule has 24 heavy (non-hydrogen) atoms. The molecule has 0 spiro atoms. The number of benzene rings is 2. The largest absolute Gasteiger partial charge is 0.494 e. The predicted molar refractivity (Wildman–Crippen MR) is 104 cm³/mol. The molecule has 0 radical (unpaired) electrons. The molecule has 2 aromatic rings. The predicted octanol–water partition coefficient (Wildman–Crippen LogP) is 6.14. The van der Waals surface area contributed by atoms with E-state index in [1.54, 1.807) is 0 Å². The maximum atomic E-state index is 5.81. The van der Waals surface area contributed by atoms with E-state index in [1.165, 1.54) is 14.7 Å². The van der Waals surface area contributed by atoms with Crippen LogP contribution >= 0.6 is 0 Å². The summed E-state index contributed by atoms with van der Waals surface area (Å²) < 4.78 is 5.81. The van der Waals surface area contributed by atoms with Gasteiger partial charge in [-0.1, -0.05) is 37.6 Å². The van der Waals surface area contributed by atoms with Crippen molar-refractivity contribution in [1.29, 1.82) is 0 Å². The molecule has 124 valence electrons. The summed E-state index contributed by atoms with van der Waals surface area (Å²) >= 11 is 0. The fourth-order valence-corrected chi connectivity index (χ4v) is 4.88. The molecule has 1 aliphatic carbocycles. The van der Waals surface area contributed by atoms with Gasteiger partial charge in [-0.05, 0) is 67.8 Å². The fraction of sp³-hybridized carbons (Fsp3) is 0.273. The lowest BCUT2D eigenvalue weighted by Gasteiger charge is -2.11. The summed E-state index contributed by atoms with van der Waals surface area (Å²) in [4.78, 5) is 4.14. The molecule has 0 aliphatic heterocycles. The average molecular weight is 338 g/mol. The fourth-order valence-electron chi connectivity index (χ4n) is 2.71. The quantitative estimate of drug-likeness (QED) is 0.436. The second-order valence-electron chi connectivity index (χ2n) is 5.88. The van der Waals surface area contributed by atoms with Gasteiger partial charge in [-0.15, -0.1) is 0 Å². The maximum Gasteiger partial charge on any atom is 0.166 e. The lowest BCUT2D eigenvalue weighted by Crippen LogP contribution is -2.07. The van der Waals surface area contributed by atoms with E-state index in [1.807, 2.05) is 0 Å². The van der Waals surface area contributed by atoms with Gasteiger partial charge in [0.15, 0.2) is 14.7 Å². The van der Waals surface area contributed by atoms with Gasteiger partial charge in [-0.25, -0.2) is 0 Å². The summed E-state index contributed by atoms with van der Waals surface area (Å²) in [6.07, 6.45) is 11.5. The Morgan fingerprint density at radius 3 is 2.33 bits per heavy atom. The molecular formula is C22H25OS+. The van der Waals surface area contributed by atoms with E-state index in [9.17, 15) is 0 Å². The number of hydrogen-bond acceptors (Lipinski definition) is 1. The lowest BCUT2D eigenvalue weighted by molar-refractivity contribution is 0.309. The molecule has 0 heterocycles. The maximum absolute atomic E-state index is 5.81. The molecule has 0 fully saturated rings. The van der Waals surface area contributed by atoms with E-state index in [0.717, 1.165) is 38.0 Å². The normalized spacial score (nSPS) is 15.0. The summed E-state index contributed by atoms with van der Waals surface area (Å²) in [5.74, 6) is 0.969. The number of ether oxygens (including phenoxy) is 1. The number of unbranched alkanes of at least 4 members (excludes halogenated alkanes) is 1. The zero-order chi connectivity index (χ0) is 16.6. The Hall–Kier alpha value is -1.93. The Bertz CT molecular complexity index is 686. The molecule has 0 bridgehead atoms. The van der Waals surface area contributed by atoms with Crippen LogP contribution in [0.25, 0.3) is 0 Å². The molecule has 3 rings (SSSR count). The first-order chi connectivity index (χ1) is 11.9. The second-order valence-corrected chi connectivity index (χ2v) is 7.91. The molecule has 0 saturated heterocycles. The SMILES string of the molecule is CCCCOc1ccc([S+](C2=CCCC=C2)c2ccccc2)cc1. The van der Waals surface area contributed by atoms with Gasteiger partial charge >= 0.3 is 0 Å². The molecule has 0 saturated carbocycles. The zero-order valence-electron chi connectivity index (χ0n) is 14.3. The van der Waals surface area contributed by atoms with Crippen LogP contribution < -0.4 is 4.74 Å².